The average molecular weight is 474 g/mol. The summed E-state index contributed by atoms with van der Waals surface area (Å²) >= 11 is 6.42. The lowest BCUT2D eigenvalue weighted by molar-refractivity contribution is -0.117. The van der Waals surface area contributed by atoms with Gasteiger partial charge in [-0.05, 0) is 38.8 Å². The van der Waals surface area contributed by atoms with Gasteiger partial charge in [0.15, 0.2) is 0 Å². The predicted octanol–water partition coefficient (Wildman–Crippen LogP) is 5.51. The molecule has 0 saturated heterocycles. The zero-order valence-electron chi connectivity index (χ0n) is 20.3. The fraction of sp³-hybridized carbons (Fsp3) is 0.560. The molecule has 180 valence electrons. The van der Waals surface area contributed by atoms with Crippen LogP contribution in [0, 0.1) is 0 Å². The Bertz CT molecular complexity index is 973. The fourth-order valence-electron chi connectivity index (χ4n) is 3.97. The molecule has 2 N–H and O–H groups in total. The molecule has 3 amide bonds. The summed E-state index contributed by atoms with van der Waals surface area (Å²) in [6.07, 6.45) is 5.48. The molecular formula is C25H36ClN5O2. The van der Waals surface area contributed by atoms with Crippen LogP contribution < -0.4 is 10.6 Å². The number of carbonyl (C=O) groups is 2. The third-order valence-electron chi connectivity index (χ3n) is 5.96. The highest BCUT2D eigenvalue weighted by Gasteiger charge is 2.26. The van der Waals surface area contributed by atoms with E-state index >= 15 is 0 Å². The van der Waals surface area contributed by atoms with Gasteiger partial charge >= 0.3 is 6.03 Å². The molecule has 33 heavy (non-hydrogen) atoms. The second kappa shape index (κ2) is 10.6. The first-order valence-electron chi connectivity index (χ1n) is 11.8. The van der Waals surface area contributed by atoms with Crippen molar-refractivity contribution in [3.05, 3.63) is 41.0 Å². The number of para-hydroxylation sites is 1. The van der Waals surface area contributed by atoms with E-state index in [1.807, 2.05) is 38.1 Å². The molecule has 1 fully saturated rings. The maximum atomic E-state index is 13.0. The van der Waals surface area contributed by atoms with Gasteiger partial charge in [0.25, 0.3) is 0 Å². The van der Waals surface area contributed by atoms with Gasteiger partial charge in [-0.15, -0.1) is 0 Å². The van der Waals surface area contributed by atoms with Crippen LogP contribution in [-0.2, 0) is 10.2 Å². The van der Waals surface area contributed by atoms with Gasteiger partial charge in [-0.2, -0.15) is 5.10 Å². The Morgan fingerprint density at radius 3 is 2.45 bits per heavy atom. The van der Waals surface area contributed by atoms with E-state index < -0.39 is 0 Å². The van der Waals surface area contributed by atoms with Crippen molar-refractivity contribution in [2.45, 2.75) is 84.2 Å². The number of carbonyl (C=O) groups excluding carboxylic acids is 2. The predicted molar refractivity (Wildman–Crippen MR) is 133 cm³/mol. The SMILES string of the molecule is CC(C)N(CC(=O)Nc1cc(C(C)(C)C)nn1-c1ccccc1Cl)C(=O)NC1CCCCC1. The molecule has 7 nitrogen and oxygen atoms in total. The van der Waals surface area contributed by atoms with Gasteiger partial charge in [0.2, 0.25) is 5.91 Å². The highest BCUT2D eigenvalue weighted by atomic mass is 35.5. The zero-order valence-corrected chi connectivity index (χ0v) is 21.1. The first kappa shape index (κ1) is 25.1. The summed E-state index contributed by atoms with van der Waals surface area (Å²) in [7, 11) is 0. The largest absolute Gasteiger partial charge is 0.335 e. The molecule has 2 aromatic rings. The summed E-state index contributed by atoms with van der Waals surface area (Å²) in [5.74, 6) is 0.241. The van der Waals surface area contributed by atoms with E-state index in [-0.39, 0.29) is 36.0 Å². The molecule has 0 unspecified atom stereocenters. The first-order valence-corrected chi connectivity index (χ1v) is 12.2. The molecule has 1 aromatic carbocycles. The van der Waals surface area contributed by atoms with Gasteiger partial charge in [-0.1, -0.05) is 63.8 Å². The number of nitrogens with zero attached hydrogens (tertiary/aromatic N) is 3. The van der Waals surface area contributed by atoms with Crippen molar-refractivity contribution >= 4 is 29.4 Å². The van der Waals surface area contributed by atoms with Gasteiger partial charge in [-0.3, -0.25) is 4.79 Å². The van der Waals surface area contributed by atoms with Crippen LogP contribution in [0.3, 0.4) is 0 Å². The van der Waals surface area contributed by atoms with E-state index in [9.17, 15) is 9.59 Å². The molecule has 0 aliphatic heterocycles. The lowest BCUT2D eigenvalue weighted by atomic mass is 9.92. The molecule has 1 saturated carbocycles. The monoisotopic (exact) mass is 473 g/mol. The molecule has 8 heteroatoms. The number of rotatable bonds is 6. The minimum absolute atomic E-state index is 0.0469. The highest BCUT2D eigenvalue weighted by molar-refractivity contribution is 6.32. The maximum Gasteiger partial charge on any atom is 0.318 e. The van der Waals surface area contributed by atoms with Crippen molar-refractivity contribution in [2.24, 2.45) is 0 Å². The Hall–Kier alpha value is -2.54. The molecule has 3 rings (SSSR count). The van der Waals surface area contributed by atoms with Crippen LogP contribution >= 0.6 is 11.6 Å². The van der Waals surface area contributed by atoms with Crippen LogP contribution in [-0.4, -0.2) is 45.2 Å². The van der Waals surface area contributed by atoms with Gasteiger partial charge in [0.1, 0.15) is 12.4 Å². The summed E-state index contributed by atoms with van der Waals surface area (Å²) in [5.41, 5.74) is 1.30. The van der Waals surface area contributed by atoms with Crippen molar-refractivity contribution in [1.29, 1.82) is 0 Å². The third-order valence-corrected chi connectivity index (χ3v) is 6.28. The summed E-state index contributed by atoms with van der Waals surface area (Å²) < 4.78 is 1.66. The minimum Gasteiger partial charge on any atom is -0.335 e. The van der Waals surface area contributed by atoms with E-state index in [1.54, 1.807) is 15.6 Å². The van der Waals surface area contributed by atoms with Crippen molar-refractivity contribution in [1.82, 2.24) is 20.0 Å². The molecular weight excluding hydrogens is 438 g/mol. The number of urea groups is 1. The highest BCUT2D eigenvalue weighted by Crippen LogP contribution is 2.29. The van der Waals surface area contributed by atoms with E-state index in [1.165, 1.54) is 6.42 Å². The number of amides is 3. The van der Waals surface area contributed by atoms with Crippen LogP contribution in [0.2, 0.25) is 5.02 Å². The second-order valence-electron chi connectivity index (χ2n) is 10.1. The van der Waals surface area contributed by atoms with E-state index in [0.29, 0.717) is 16.5 Å². The van der Waals surface area contributed by atoms with Crippen LogP contribution in [0.15, 0.2) is 30.3 Å². The van der Waals surface area contributed by atoms with Crippen molar-refractivity contribution < 1.29 is 9.59 Å². The lowest BCUT2D eigenvalue weighted by Gasteiger charge is -2.30. The van der Waals surface area contributed by atoms with Gasteiger partial charge in [0.05, 0.1) is 16.4 Å². The quantitative estimate of drug-likeness (QED) is 0.580. The molecule has 1 heterocycles. The number of aromatic nitrogens is 2. The van der Waals surface area contributed by atoms with Crippen LogP contribution in [0.25, 0.3) is 5.69 Å². The number of nitrogens with one attached hydrogen (secondary N) is 2. The van der Waals surface area contributed by atoms with Crippen molar-refractivity contribution in [3.63, 3.8) is 0 Å². The second-order valence-corrected chi connectivity index (χ2v) is 10.5. The van der Waals surface area contributed by atoms with Gasteiger partial charge in [0, 0.05) is 23.6 Å². The van der Waals surface area contributed by atoms with Gasteiger partial charge in [-0.25, -0.2) is 9.48 Å². The number of hydrogen-bond acceptors (Lipinski definition) is 3. The number of benzene rings is 1. The Kier molecular flexibility index (Phi) is 8.05. The van der Waals surface area contributed by atoms with Crippen LogP contribution in [0.1, 0.15) is 72.4 Å². The number of anilines is 1. The number of hydrogen-bond donors (Lipinski definition) is 2. The van der Waals surface area contributed by atoms with E-state index in [0.717, 1.165) is 31.4 Å². The molecule has 1 aromatic heterocycles. The molecule has 0 radical (unpaired) electrons. The Balaban J connectivity index is 1.78. The molecule has 1 aliphatic carbocycles. The smallest absolute Gasteiger partial charge is 0.318 e. The van der Waals surface area contributed by atoms with E-state index in [4.69, 9.17) is 16.7 Å². The minimum atomic E-state index is -0.281. The van der Waals surface area contributed by atoms with Crippen LogP contribution in [0.5, 0.6) is 0 Å². The first-order chi connectivity index (χ1) is 15.6. The average Bonchev–Trinajstić information content (AvgIpc) is 3.16. The summed E-state index contributed by atoms with van der Waals surface area (Å²) in [6.45, 7) is 9.98. The summed E-state index contributed by atoms with van der Waals surface area (Å²) in [5, 5.41) is 11.3. The Morgan fingerprint density at radius 1 is 1.18 bits per heavy atom. The van der Waals surface area contributed by atoms with Crippen molar-refractivity contribution in [3.8, 4) is 5.69 Å². The Morgan fingerprint density at radius 2 is 1.85 bits per heavy atom. The molecule has 0 spiro atoms. The topological polar surface area (TPSA) is 79.3 Å². The van der Waals surface area contributed by atoms with E-state index in [2.05, 4.69) is 31.4 Å². The zero-order chi connectivity index (χ0) is 24.2. The normalized spacial score (nSPS) is 14.9. The summed E-state index contributed by atoms with van der Waals surface area (Å²) in [4.78, 5) is 27.5. The molecule has 0 atom stereocenters. The molecule has 0 bridgehead atoms. The lowest BCUT2D eigenvalue weighted by Crippen LogP contribution is -2.50. The van der Waals surface area contributed by atoms with Gasteiger partial charge < -0.3 is 15.5 Å². The molecule has 1 aliphatic rings. The summed E-state index contributed by atoms with van der Waals surface area (Å²) in [6, 6.07) is 9.12. The Labute approximate surface area is 201 Å². The standard InChI is InChI=1S/C25H36ClN5O2/c1-17(2)30(24(33)27-18-11-7-6-8-12-18)16-23(32)28-22-15-21(25(3,4)5)29-31(22)20-14-10-9-13-19(20)26/h9-10,13-15,17-18H,6-8,11-12,16H2,1-5H3,(H,27,33)(H,28,32). The third kappa shape index (κ3) is 6.50. The van der Waals surface area contributed by atoms with Crippen LogP contribution in [0.4, 0.5) is 10.6 Å². The van der Waals surface area contributed by atoms with Crippen molar-refractivity contribution in [2.75, 3.05) is 11.9 Å². The fourth-order valence-corrected chi connectivity index (χ4v) is 4.19. The maximum absolute atomic E-state index is 13.0. The number of halogens is 1.